The first kappa shape index (κ1) is 15.3. The molecule has 2 fully saturated rings. The van der Waals surface area contributed by atoms with Gasteiger partial charge in [-0.05, 0) is 20.8 Å². The fourth-order valence-corrected chi connectivity index (χ4v) is 2.64. The number of fused-ring (bicyclic) bond motifs is 1. The monoisotopic (exact) mass is 313 g/mol. The van der Waals surface area contributed by atoms with Crippen LogP contribution in [0.25, 0.3) is 0 Å². The standard InChI is InChI=1S/C13H19N3O6/c1-4-19-11(18)7-5-14-15-16(7)6-8-9(17)10-12(20-8)22-13(2,3)21-10/h5,8-10,12,17H,4,6H2,1-3H3/t8-,9+,10-,12-/m1/s1. The molecule has 3 rings (SSSR count). The van der Waals surface area contributed by atoms with Gasteiger partial charge in [0.1, 0.15) is 18.3 Å². The molecule has 0 unspecified atom stereocenters. The summed E-state index contributed by atoms with van der Waals surface area (Å²) >= 11 is 0. The second-order valence-corrected chi connectivity index (χ2v) is 5.66. The van der Waals surface area contributed by atoms with Crippen molar-refractivity contribution in [3.05, 3.63) is 11.9 Å². The van der Waals surface area contributed by atoms with E-state index in [9.17, 15) is 9.90 Å². The number of aromatic nitrogens is 3. The van der Waals surface area contributed by atoms with Crippen LogP contribution in [0.15, 0.2) is 6.20 Å². The van der Waals surface area contributed by atoms with Gasteiger partial charge in [0.2, 0.25) is 0 Å². The number of aliphatic hydroxyl groups excluding tert-OH is 1. The number of rotatable bonds is 4. The topological polar surface area (TPSA) is 105 Å². The largest absolute Gasteiger partial charge is 0.461 e. The number of ether oxygens (including phenoxy) is 4. The van der Waals surface area contributed by atoms with Gasteiger partial charge in [-0.15, -0.1) is 5.10 Å². The van der Waals surface area contributed by atoms with Crippen molar-refractivity contribution in [1.29, 1.82) is 0 Å². The zero-order valence-electron chi connectivity index (χ0n) is 12.6. The van der Waals surface area contributed by atoms with Crippen molar-refractivity contribution in [2.24, 2.45) is 0 Å². The second-order valence-electron chi connectivity index (χ2n) is 5.66. The van der Waals surface area contributed by atoms with Crippen LogP contribution in [0.1, 0.15) is 31.3 Å². The summed E-state index contributed by atoms with van der Waals surface area (Å²) in [5.74, 6) is -1.31. The van der Waals surface area contributed by atoms with Crippen molar-refractivity contribution in [2.45, 2.75) is 57.7 Å². The smallest absolute Gasteiger partial charge is 0.358 e. The lowest BCUT2D eigenvalue weighted by atomic mass is 10.1. The Balaban J connectivity index is 1.69. The highest BCUT2D eigenvalue weighted by molar-refractivity contribution is 5.87. The SMILES string of the molecule is CCOC(=O)c1cnnn1C[C@H]1O[C@@H]2OC(C)(C)O[C@@H]2[C@H]1O. The number of aliphatic hydroxyl groups is 1. The summed E-state index contributed by atoms with van der Waals surface area (Å²) in [6.45, 7) is 5.63. The maximum absolute atomic E-state index is 11.8. The lowest BCUT2D eigenvalue weighted by Crippen LogP contribution is -2.37. The molecule has 1 N–H and O–H groups in total. The van der Waals surface area contributed by atoms with Crippen molar-refractivity contribution in [3.63, 3.8) is 0 Å². The lowest BCUT2D eigenvalue weighted by Gasteiger charge is -2.23. The van der Waals surface area contributed by atoms with Crippen LogP contribution in [-0.4, -0.2) is 63.1 Å². The first-order valence-corrected chi connectivity index (χ1v) is 7.16. The van der Waals surface area contributed by atoms with E-state index in [2.05, 4.69) is 10.3 Å². The molecule has 9 nitrogen and oxygen atoms in total. The molecule has 0 aromatic carbocycles. The molecule has 3 heterocycles. The lowest BCUT2D eigenvalue weighted by molar-refractivity contribution is -0.216. The summed E-state index contributed by atoms with van der Waals surface area (Å²) in [7, 11) is 0. The minimum atomic E-state index is -0.883. The first-order chi connectivity index (χ1) is 10.4. The molecule has 0 amide bonds. The Morgan fingerprint density at radius 2 is 2.27 bits per heavy atom. The van der Waals surface area contributed by atoms with E-state index in [4.69, 9.17) is 18.9 Å². The zero-order chi connectivity index (χ0) is 15.9. The third-order valence-corrected chi connectivity index (χ3v) is 3.57. The van der Waals surface area contributed by atoms with Gasteiger partial charge < -0.3 is 24.1 Å². The summed E-state index contributed by atoms with van der Waals surface area (Å²) in [6.07, 6.45) is -1.37. The molecule has 4 atom stereocenters. The normalized spacial score (nSPS) is 32.9. The van der Waals surface area contributed by atoms with Gasteiger partial charge >= 0.3 is 5.97 Å². The molecule has 0 bridgehead atoms. The Morgan fingerprint density at radius 1 is 1.50 bits per heavy atom. The van der Waals surface area contributed by atoms with Crippen molar-refractivity contribution in [3.8, 4) is 0 Å². The molecule has 9 heteroatoms. The van der Waals surface area contributed by atoms with E-state index in [1.807, 2.05) is 0 Å². The molecule has 22 heavy (non-hydrogen) atoms. The van der Waals surface area contributed by atoms with Crippen molar-refractivity contribution in [1.82, 2.24) is 15.0 Å². The molecule has 2 aliphatic heterocycles. The van der Waals surface area contributed by atoms with Gasteiger partial charge in [-0.25, -0.2) is 9.48 Å². The van der Waals surface area contributed by atoms with Crippen LogP contribution in [-0.2, 0) is 25.5 Å². The van der Waals surface area contributed by atoms with Crippen molar-refractivity contribution in [2.75, 3.05) is 6.61 Å². The number of carbonyl (C=O) groups is 1. The Hall–Kier alpha value is -1.55. The summed E-state index contributed by atoms with van der Waals surface area (Å²) in [4.78, 5) is 11.8. The van der Waals surface area contributed by atoms with Crippen molar-refractivity contribution >= 4 is 5.97 Å². The van der Waals surface area contributed by atoms with E-state index in [0.29, 0.717) is 0 Å². The molecular formula is C13H19N3O6. The molecule has 122 valence electrons. The van der Waals surface area contributed by atoms with Crippen LogP contribution in [0.2, 0.25) is 0 Å². The second kappa shape index (κ2) is 5.58. The average Bonchev–Trinajstić information content (AvgIpc) is 3.07. The fourth-order valence-electron chi connectivity index (χ4n) is 2.64. The van der Waals surface area contributed by atoms with Crippen molar-refractivity contribution < 1.29 is 28.8 Å². The van der Waals surface area contributed by atoms with Crippen LogP contribution in [0.3, 0.4) is 0 Å². The Kier molecular flexibility index (Phi) is 3.89. The first-order valence-electron chi connectivity index (χ1n) is 7.16. The predicted molar refractivity (Wildman–Crippen MR) is 70.7 cm³/mol. The molecule has 2 aliphatic rings. The average molecular weight is 313 g/mol. The van der Waals surface area contributed by atoms with E-state index in [1.54, 1.807) is 20.8 Å². The summed E-state index contributed by atoms with van der Waals surface area (Å²) in [5, 5.41) is 17.8. The van der Waals surface area contributed by atoms with Crippen LogP contribution in [0.5, 0.6) is 0 Å². The zero-order valence-corrected chi connectivity index (χ0v) is 12.6. The highest BCUT2D eigenvalue weighted by Gasteiger charge is 2.54. The number of nitrogens with zero attached hydrogens (tertiary/aromatic N) is 3. The molecule has 1 aromatic heterocycles. The van der Waals surface area contributed by atoms with Crippen LogP contribution in [0, 0.1) is 0 Å². The van der Waals surface area contributed by atoms with E-state index in [0.717, 1.165) is 0 Å². The third-order valence-electron chi connectivity index (χ3n) is 3.57. The molecule has 2 saturated heterocycles. The Bertz CT molecular complexity index is 560. The highest BCUT2D eigenvalue weighted by Crippen LogP contribution is 2.37. The molecule has 0 spiro atoms. The molecule has 1 aromatic rings. The maximum atomic E-state index is 11.8. The van der Waals surface area contributed by atoms with E-state index >= 15 is 0 Å². The van der Waals surface area contributed by atoms with Gasteiger partial charge in [-0.3, -0.25) is 0 Å². The van der Waals surface area contributed by atoms with Crippen LogP contribution in [0.4, 0.5) is 0 Å². The van der Waals surface area contributed by atoms with Gasteiger partial charge in [-0.2, -0.15) is 0 Å². The maximum Gasteiger partial charge on any atom is 0.358 e. The van der Waals surface area contributed by atoms with Gasteiger partial charge in [0.25, 0.3) is 0 Å². The van der Waals surface area contributed by atoms with Crippen LogP contribution < -0.4 is 0 Å². The van der Waals surface area contributed by atoms with Gasteiger partial charge in [-0.1, -0.05) is 5.21 Å². The summed E-state index contributed by atoms with van der Waals surface area (Å²) in [5.41, 5.74) is 0.205. The molecular weight excluding hydrogens is 294 g/mol. The predicted octanol–water partition coefficient (Wildman–Crippen LogP) is -0.308. The minimum absolute atomic E-state index is 0.148. The summed E-state index contributed by atoms with van der Waals surface area (Å²) < 4.78 is 23.1. The molecule has 0 saturated carbocycles. The van der Waals surface area contributed by atoms with Gasteiger partial charge in [0.05, 0.1) is 19.3 Å². The minimum Gasteiger partial charge on any atom is -0.461 e. The highest BCUT2D eigenvalue weighted by atomic mass is 16.8. The quantitative estimate of drug-likeness (QED) is 0.755. The fraction of sp³-hybridized carbons (Fsp3) is 0.769. The number of carbonyl (C=O) groups excluding carboxylic acids is 1. The van der Waals surface area contributed by atoms with E-state index < -0.39 is 36.4 Å². The summed E-state index contributed by atoms with van der Waals surface area (Å²) in [6, 6.07) is 0. The van der Waals surface area contributed by atoms with Gasteiger partial charge in [0.15, 0.2) is 17.8 Å². The Labute approximate surface area is 127 Å². The number of hydrogen-bond acceptors (Lipinski definition) is 8. The van der Waals surface area contributed by atoms with E-state index in [1.165, 1.54) is 10.9 Å². The number of esters is 1. The molecule has 0 radical (unpaired) electrons. The van der Waals surface area contributed by atoms with E-state index in [-0.39, 0.29) is 18.8 Å². The van der Waals surface area contributed by atoms with Crippen LogP contribution >= 0.6 is 0 Å². The number of hydrogen-bond donors (Lipinski definition) is 1. The molecule has 0 aliphatic carbocycles. The Morgan fingerprint density at radius 3 is 2.95 bits per heavy atom. The third kappa shape index (κ3) is 2.72. The van der Waals surface area contributed by atoms with Gasteiger partial charge in [0, 0.05) is 0 Å².